The van der Waals surface area contributed by atoms with E-state index in [1.165, 1.54) is 0 Å². The molecule has 5 nitrogen and oxygen atoms in total. The lowest BCUT2D eigenvalue weighted by Crippen LogP contribution is -2.00. The van der Waals surface area contributed by atoms with Crippen LogP contribution in [0.4, 0.5) is 0 Å². The normalized spacial score (nSPS) is 11.8. The van der Waals surface area contributed by atoms with Gasteiger partial charge in [0.2, 0.25) is 0 Å². The molecule has 0 spiro atoms. The molecule has 10 aromatic rings. The van der Waals surface area contributed by atoms with Gasteiger partial charge < -0.3 is 8.83 Å². The molecule has 3 aromatic heterocycles. The molecule has 3 heterocycles. The zero-order chi connectivity index (χ0) is 31.6. The Labute approximate surface area is 274 Å². The van der Waals surface area contributed by atoms with Crippen molar-refractivity contribution in [3.8, 4) is 45.3 Å². The second kappa shape index (κ2) is 10.5. The summed E-state index contributed by atoms with van der Waals surface area (Å²) in [5.41, 5.74) is 8.45. The maximum Gasteiger partial charge on any atom is 0.164 e. The highest BCUT2D eigenvalue weighted by Gasteiger charge is 2.19. The molecule has 224 valence electrons. The number of hydrogen-bond acceptors (Lipinski definition) is 5. The first-order valence-corrected chi connectivity index (χ1v) is 15.9. The van der Waals surface area contributed by atoms with Crippen LogP contribution >= 0.6 is 0 Å². The number of furan rings is 2. The van der Waals surface area contributed by atoms with Crippen LogP contribution in [0.1, 0.15) is 0 Å². The van der Waals surface area contributed by atoms with Gasteiger partial charge in [-0.3, -0.25) is 0 Å². The highest BCUT2D eigenvalue weighted by atomic mass is 16.3. The monoisotopic (exact) mass is 615 g/mol. The van der Waals surface area contributed by atoms with Gasteiger partial charge in [0, 0.05) is 38.2 Å². The van der Waals surface area contributed by atoms with E-state index in [4.69, 9.17) is 23.8 Å². The molecule has 0 atom stereocenters. The van der Waals surface area contributed by atoms with Crippen LogP contribution in [0.2, 0.25) is 0 Å². The number of aromatic nitrogens is 3. The molecular weight excluding hydrogens is 590 g/mol. The van der Waals surface area contributed by atoms with Gasteiger partial charge >= 0.3 is 0 Å². The Morgan fingerprint density at radius 3 is 1.60 bits per heavy atom. The first-order valence-electron chi connectivity index (χ1n) is 15.9. The lowest BCUT2D eigenvalue weighted by Gasteiger charge is -2.12. The maximum atomic E-state index is 6.22. The van der Waals surface area contributed by atoms with E-state index in [0.29, 0.717) is 17.5 Å². The molecule has 7 aromatic carbocycles. The third-order valence-electron chi connectivity index (χ3n) is 9.14. The van der Waals surface area contributed by atoms with Gasteiger partial charge in [0.05, 0.1) is 0 Å². The van der Waals surface area contributed by atoms with Gasteiger partial charge in [-0.25, -0.2) is 15.0 Å². The fraction of sp³-hybridized carbons (Fsp3) is 0. The van der Waals surface area contributed by atoms with Crippen molar-refractivity contribution in [1.29, 1.82) is 0 Å². The Bertz CT molecular complexity index is 2850. The van der Waals surface area contributed by atoms with E-state index in [2.05, 4.69) is 72.8 Å². The van der Waals surface area contributed by atoms with Crippen LogP contribution in [-0.4, -0.2) is 15.0 Å². The summed E-state index contributed by atoms with van der Waals surface area (Å²) in [7, 11) is 0. The maximum absolute atomic E-state index is 6.22. The van der Waals surface area contributed by atoms with Gasteiger partial charge in [-0.2, -0.15) is 0 Å². The van der Waals surface area contributed by atoms with Gasteiger partial charge in [0.15, 0.2) is 17.5 Å². The summed E-state index contributed by atoms with van der Waals surface area (Å²) >= 11 is 0. The second-order valence-electron chi connectivity index (χ2n) is 12.0. The fourth-order valence-electron chi connectivity index (χ4n) is 6.96. The smallest absolute Gasteiger partial charge is 0.164 e. The molecule has 0 fully saturated rings. The Morgan fingerprint density at radius 1 is 0.333 bits per heavy atom. The van der Waals surface area contributed by atoms with Gasteiger partial charge in [-0.15, -0.1) is 0 Å². The average Bonchev–Trinajstić information content (AvgIpc) is 3.73. The minimum Gasteiger partial charge on any atom is -0.456 e. The number of benzene rings is 7. The Balaban J connectivity index is 1.17. The van der Waals surface area contributed by atoms with Gasteiger partial charge in [0.25, 0.3) is 0 Å². The van der Waals surface area contributed by atoms with Crippen LogP contribution in [0.15, 0.2) is 160 Å². The molecule has 0 aliphatic carbocycles. The van der Waals surface area contributed by atoms with Crippen LogP contribution in [-0.2, 0) is 0 Å². The summed E-state index contributed by atoms with van der Waals surface area (Å²) in [6, 6.07) is 51.6. The molecule has 0 aliphatic rings. The predicted octanol–water partition coefficient (Wildman–Crippen LogP) is 11.5. The predicted molar refractivity (Wildman–Crippen MR) is 194 cm³/mol. The SMILES string of the molecule is c1ccc(-c2nc(-c3ccc4c(-c5cccc6oc7ccccc7c56)cccc4c3)nc(-c3cccc4oc5ccccc5c34)n2)cc1. The van der Waals surface area contributed by atoms with Crippen LogP contribution in [0.3, 0.4) is 0 Å². The Kier molecular flexibility index (Phi) is 5.81. The molecule has 0 bridgehead atoms. The summed E-state index contributed by atoms with van der Waals surface area (Å²) in [5.74, 6) is 1.83. The Hall–Kier alpha value is -6.59. The van der Waals surface area contributed by atoms with Crippen LogP contribution < -0.4 is 0 Å². The summed E-state index contributed by atoms with van der Waals surface area (Å²) in [6.07, 6.45) is 0. The second-order valence-corrected chi connectivity index (χ2v) is 12.0. The zero-order valence-electron chi connectivity index (χ0n) is 25.6. The molecule has 0 saturated heterocycles. The molecule has 5 heteroatoms. The van der Waals surface area contributed by atoms with Crippen molar-refractivity contribution in [2.75, 3.05) is 0 Å². The molecule has 0 aliphatic heterocycles. The highest BCUT2D eigenvalue weighted by Crippen LogP contribution is 2.40. The van der Waals surface area contributed by atoms with Crippen molar-refractivity contribution in [3.05, 3.63) is 152 Å². The van der Waals surface area contributed by atoms with Crippen molar-refractivity contribution in [3.63, 3.8) is 0 Å². The standard InChI is InChI=1S/C43H25N3O2/c1-2-11-26(12-3-1)41-44-42(46-43(45-41)34-18-10-22-38-40(34)33-15-5-7-20-36(33)48-38)28-23-24-29-27(25-28)13-8-16-30(29)31-17-9-21-37-39(31)32-14-4-6-19-35(32)47-37/h1-25H. The number of rotatable bonds is 4. The van der Waals surface area contributed by atoms with Crippen molar-refractivity contribution >= 4 is 54.6 Å². The molecule has 0 radical (unpaired) electrons. The van der Waals surface area contributed by atoms with E-state index in [-0.39, 0.29) is 0 Å². The minimum absolute atomic E-state index is 0.600. The number of para-hydroxylation sites is 2. The van der Waals surface area contributed by atoms with E-state index in [9.17, 15) is 0 Å². The van der Waals surface area contributed by atoms with Gasteiger partial charge in [-0.05, 0) is 52.2 Å². The third-order valence-corrected chi connectivity index (χ3v) is 9.14. The van der Waals surface area contributed by atoms with Crippen LogP contribution in [0.5, 0.6) is 0 Å². The van der Waals surface area contributed by atoms with Crippen molar-refractivity contribution in [1.82, 2.24) is 15.0 Å². The molecule has 0 amide bonds. The number of nitrogens with zero attached hydrogens (tertiary/aromatic N) is 3. The zero-order valence-corrected chi connectivity index (χ0v) is 25.6. The lowest BCUT2D eigenvalue weighted by molar-refractivity contribution is 0.668. The first-order chi connectivity index (χ1) is 23.8. The van der Waals surface area contributed by atoms with Crippen LogP contribution in [0.25, 0.3) is 99.9 Å². The molecule has 48 heavy (non-hydrogen) atoms. The van der Waals surface area contributed by atoms with E-state index in [1.807, 2.05) is 78.9 Å². The highest BCUT2D eigenvalue weighted by molar-refractivity contribution is 6.15. The number of fused-ring (bicyclic) bond motifs is 7. The van der Waals surface area contributed by atoms with Crippen molar-refractivity contribution < 1.29 is 8.83 Å². The first kappa shape index (κ1) is 26.6. The van der Waals surface area contributed by atoms with Crippen LogP contribution in [0, 0.1) is 0 Å². The van der Waals surface area contributed by atoms with Gasteiger partial charge in [-0.1, -0.05) is 121 Å². The summed E-state index contributed by atoms with van der Waals surface area (Å²) in [4.78, 5) is 15.2. The Morgan fingerprint density at radius 2 is 0.875 bits per heavy atom. The van der Waals surface area contributed by atoms with E-state index in [1.54, 1.807) is 0 Å². The quantitative estimate of drug-likeness (QED) is 0.197. The largest absolute Gasteiger partial charge is 0.456 e. The van der Waals surface area contributed by atoms with Crippen molar-refractivity contribution in [2.24, 2.45) is 0 Å². The molecule has 10 rings (SSSR count). The van der Waals surface area contributed by atoms with E-state index in [0.717, 1.165) is 82.5 Å². The lowest BCUT2D eigenvalue weighted by atomic mass is 9.94. The average molecular weight is 616 g/mol. The number of hydrogen-bond donors (Lipinski definition) is 0. The minimum atomic E-state index is 0.600. The summed E-state index contributed by atoms with van der Waals surface area (Å²) in [5, 5.41) is 6.51. The van der Waals surface area contributed by atoms with Crippen molar-refractivity contribution in [2.45, 2.75) is 0 Å². The molecule has 0 N–H and O–H groups in total. The summed E-state index contributed by atoms with van der Waals surface area (Å²) < 4.78 is 12.4. The molecule has 0 saturated carbocycles. The summed E-state index contributed by atoms with van der Waals surface area (Å²) in [6.45, 7) is 0. The topological polar surface area (TPSA) is 65.0 Å². The van der Waals surface area contributed by atoms with E-state index >= 15 is 0 Å². The van der Waals surface area contributed by atoms with E-state index < -0.39 is 0 Å². The molecular formula is C43H25N3O2. The molecule has 0 unspecified atom stereocenters. The van der Waals surface area contributed by atoms with Gasteiger partial charge in [0.1, 0.15) is 22.3 Å². The fourth-order valence-corrected chi connectivity index (χ4v) is 6.96. The third kappa shape index (κ3) is 4.15.